The standard InChI is InChI=1S/C16H16N2O2/c19-10-9-17-16(20)11-18-14-7-3-1-5-12(14)13-6-2-4-8-15(13)18/h1-8,19H,9-11H2,(H,17,20). The van der Waals surface area contributed by atoms with E-state index in [4.69, 9.17) is 5.11 Å². The van der Waals surface area contributed by atoms with Crippen LogP contribution in [0.2, 0.25) is 0 Å². The Hall–Kier alpha value is -2.33. The lowest BCUT2D eigenvalue weighted by Gasteiger charge is -2.07. The molecule has 3 rings (SSSR count). The van der Waals surface area contributed by atoms with E-state index in [1.54, 1.807) is 0 Å². The number of fused-ring (bicyclic) bond motifs is 3. The Balaban J connectivity index is 2.09. The molecule has 0 fully saturated rings. The molecule has 4 heteroatoms. The van der Waals surface area contributed by atoms with Crippen molar-refractivity contribution in [3.8, 4) is 0 Å². The van der Waals surface area contributed by atoms with Crippen LogP contribution in [-0.2, 0) is 11.3 Å². The van der Waals surface area contributed by atoms with Crippen LogP contribution in [0.5, 0.6) is 0 Å². The molecule has 102 valence electrons. The zero-order valence-corrected chi connectivity index (χ0v) is 11.0. The molecular weight excluding hydrogens is 252 g/mol. The van der Waals surface area contributed by atoms with E-state index < -0.39 is 0 Å². The highest BCUT2D eigenvalue weighted by Crippen LogP contribution is 2.28. The first-order chi connectivity index (χ1) is 9.81. The van der Waals surface area contributed by atoms with Gasteiger partial charge >= 0.3 is 0 Å². The first-order valence-electron chi connectivity index (χ1n) is 6.65. The van der Waals surface area contributed by atoms with Crippen molar-refractivity contribution in [2.45, 2.75) is 6.54 Å². The summed E-state index contributed by atoms with van der Waals surface area (Å²) in [6, 6.07) is 16.1. The van der Waals surface area contributed by atoms with Crippen molar-refractivity contribution in [1.82, 2.24) is 9.88 Å². The van der Waals surface area contributed by atoms with Crippen LogP contribution in [0.4, 0.5) is 0 Å². The molecule has 0 saturated carbocycles. The minimum absolute atomic E-state index is 0.0427. The summed E-state index contributed by atoms with van der Waals surface area (Å²) < 4.78 is 2.01. The van der Waals surface area contributed by atoms with Crippen molar-refractivity contribution in [2.24, 2.45) is 0 Å². The van der Waals surface area contributed by atoms with E-state index in [1.807, 2.05) is 41.0 Å². The minimum Gasteiger partial charge on any atom is -0.395 e. The largest absolute Gasteiger partial charge is 0.395 e. The highest BCUT2D eigenvalue weighted by atomic mass is 16.3. The maximum atomic E-state index is 11.9. The number of nitrogens with one attached hydrogen (secondary N) is 1. The highest BCUT2D eigenvalue weighted by molar-refractivity contribution is 6.08. The zero-order chi connectivity index (χ0) is 13.9. The zero-order valence-electron chi connectivity index (χ0n) is 11.0. The van der Waals surface area contributed by atoms with Gasteiger partial charge in [0, 0.05) is 28.4 Å². The predicted molar refractivity (Wildman–Crippen MR) is 79.5 cm³/mol. The Morgan fingerprint density at radius 1 is 1.00 bits per heavy atom. The third-order valence-corrected chi connectivity index (χ3v) is 3.42. The number of hydrogen-bond acceptors (Lipinski definition) is 2. The third-order valence-electron chi connectivity index (χ3n) is 3.42. The second-order valence-corrected chi connectivity index (χ2v) is 4.69. The van der Waals surface area contributed by atoms with Gasteiger partial charge in [-0.3, -0.25) is 4.79 Å². The lowest BCUT2D eigenvalue weighted by molar-refractivity contribution is -0.121. The predicted octanol–water partition coefficient (Wildman–Crippen LogP) is 1.90. The van der Waals surface area contributed by atoms with Crippen molar-refractivity contribution in [1.29, 1.82) is 0 Å². The number of hydrogen-bond donors (Lipinski definition) is 2. The molecule has 0 unspecified atom stereocenters. The monoisotopic (exact) mass is 268 g/mol. The molecule has 0 bridgehead atoms. The molecule has 2 N–H and O–H groups in total. The van der Waals surface area contributed by atoms with Gasteiger partial charge < -0.3 is 15.0 Å². The van der Waals surface area contributed by atoms with Gasteiger partial charge in [-0.15, -0.1) is 0 Å². The Labute approximate surface area is 116 Å². The van der Waals surface area contributed by atoms with Crippen LogP contribution in [-0.4, -0.2) is 28.7 Å². The summed E-state index contributed by atoms with van der Waals surface area (Å²) in [7, 11) is 0. The van der Waals surface area contributed by atoms with Crippen molar-refractivity contribution < 1.29 is 9.90 Å². The van der Waals surface area contributed by atoms with Crippen molar-refractivity contribution in [2.75, 3.05) is 13.2 Å². The topological polar surface area (TPSA) is 54.3 Å². The summed E-state index contributed by atoms with van der Waals surface area (Å²) in [6.07, 6.45) is 0. The van der Waals surface area contributed by atoms with Gasteiger partial charge in [0.2, 0.25) is 5.91 Å². The average Bonchev–Trinajstić information content (AvgIpc) is 2.80. The van der Waals surface area contributed by atoms with Gasteiger partial charge in [0.15, 0.2) is 0 Å². The number of amides is 1. The first-order valence-corrected chi connectivity index (χ1v) is 6.65. The van der Waals surface area contributed by atoms with E-state index in [0.29, 0.717) is 0 Å². The minimum atomic E-state index is -0.0921. The smallest absolute Gasteiger partial charge is 0.240 e. The van der Waals surface area contributed by atoms with E-state index in [0.717, 1.165) is 21.8 Å². The average molecular weight is 268 g/mol. The molecule has 1 amide bonds. The molecule has 0 atom stereocenters. The van der Waals surface area contributed by atoms with Gasteiger partial charge in [0.25, 0.3) is 0 Å². The van der Waals surface area contributed by atoms with Crippen molar-refractivity contribution in [3.63, 3.8) is 0 Å². The highest BCUT2D eigenvalue weighted by Gasteiger charge is 2.11. The molecule has 20 heavy (non-hydrogen) atoms. The van der Waals surface area contributed by atoms with E-state index in [-0.39, 0.29) is 25.6 Å². The van der Waals surface area contributed by atoms with E-state index in [2.05, 4.69) is 17.4 Å². The molecule has 0 spiro atoms. The summed E-state index contributed by atoms with van der Waals surface area (Å²) >= 11 is 0. The molecule has 0 aliphatic carbocycles. The Kier molecular flexibility index (Phi) is 3.39. The number of carbonyl (C=O) groups excluding carboxylic acids is 1. The lowest BCUT2D eigenvalue weighted by atomic mass is 10.2. The molecule has 0 saturated heterocycles. The number of benzene rings is 2. The number of aliphatic hydroxyl groups is 1. The van der Waals surface area contributed by atoms with Gasteiger partial charge in [-0.05, 0) is 12.1 Å². The quantitative estimate of drug-likeness (QED) is 0.759. The van der Waals surface area contributed by atoms with Gasteiger partial charge in [0.05, 0.1) is 6.61 Å². The molecule has 0 aliphatic rings. The fourth-order valence-electron chi connectivity index (χ4n) is 2.57. The van der Waals surface area contributed by atoms with Crippen LogP contribution in [0.25, 0.3) is 21.8 Å². The van der Waals surface area contributed by atoms with Crippen LogP contribution in [0.1, 0.15) is 0 Å². The van der Waals surface area contributed by atoms with Crippen LogP contribution in [0, 0.1) is 0 Å². The van der Waals surface area contributed by atoms with E-state index >= 15 is 0 Å². The summed E-state index contributed by atoms with van der Waals surface area (Å²) in [5, 5.41) is 13.8. The third kappa shape index (κ3) is 2.14. The molecule has 1 heterocycles. The lowest BCUT2D eigenvalue weighted by Crippen LogP contribution is -2.29. The molecule has 3 aromatic rings. The number of nitrogens with zero attached hydrogens (tertiary/aromatic N) is 1. The maximum absolute atomic E-state index is 11.9. The summed E-state index contributed by atoms with van der Waals surface area (Å²) in [4.78, 5) is 11.9. The number of carbonyl (C=O) groups is 1. The summed E-state index contributed by atoms with van der Waals surface area (Å²) in [6.45, 7) is 0.503. The SMILES string of the molecule is O=C(Cn1c2ccccc2c2ccccc21)NCCO. The fourth-order valence-corrected chi connectivity index (χ4v) is 2.57. The van der Waals surface area contributed by atoms with Gasteiger partial charge in [-0.25, -0.2) is 0 Å². The number of aliphatic hydroxyl groups excluding tert-OH is 1. The van der Waals surface area contributed by atoms with Crippen LogP contribution >= 0.6 is 0 Å². The normalized spacial score (nSPS) is 11.1. The van der Waals surface area contributed by atoms with Gasteiger partial charge in [-0.1, -0.05) is 36.4 Å². The van der Waals surface area contributed by atoms with Crippen LogP contribution in [0.3, 0.4) is 0 Å². The van der Waals surface area contributed by atoms with Gasteiger partial charge in [0.1, 0.15) is 6.54 Å². The molecule has 0 aliphatic heterocycles. The van der Waals surface area contributed by atoms with Crippen molar-refractivity contribution in [3.05, 3.63) is 48.5 Å². The number of para-hydroxylation sites is 2. The summed E-state index contributed by atoms with van der Waals surface area (Å²) in [5.41, 5.74) is 2.10. The molecule has 0 radical (unpaired) electrons. The van der Waals surface area contributed by atoms with Crippen LogP contribution < -0.4 is 5.32 Å². The Morgan fingerprint density at radius 3 is 2.10 bits per heavy atom. The molecular formula is C16H16N2O2. The molecule has 2 aromatic carbocycles. The van der Waals surface area contributed by atoms with E-state index in [1.165, 1.54) is 0 Å². The van der Waals surface area contributed by atoms with E-state index in [9.17, 15) is 4.79 Å². The Bertz CT molecular complexity index is 708. The number of rotatable bonds is 4. The maximum Gasteiger partial charge on any atom is 0.240 e. The second-order valence-electron chi connectivity index (χ2n) is 4.69. The first kappa shape index (κ1) is 12.7. The Morgan fingerprint density at radius 2 is 1.55 bits per heavy atom. The van der Waals surface area contributed by atoms with Gasteiger partial charge in [-0.2, -0.15) is 0 Å². The van der Waals surface area contributed by atoms with Crippen molar-refractivity contribution >= 4 is 27.7 Å². The molecule has 4 nitrogen and oxygen atoms in total. The summed E-state index contributed by atoms with van der Waals surface area (Å²) in [5.74, 6) is -0.0921. The number of aromatic nitrogens is 1. The second kappa shape index (κ2) is 5.35. The molecule has 1 aromatic heterocycles. The van der Waals surface area contributed by atoms with Crippen LogP contribution in [0.15, 0.2) is 48.5 Å². The fraction of sp³-hybridized carbons (Fsp3) is 0.188.